The fourth-order valence-corrected chi connectivity index (χ4v) is 9.25. The third kappa shape index (κ3) is 11.4. The van der Waals surface area contributed by atoms with Crippen LogP contribution in [0.25, 0.3) is 17.5 Å². The molecule has 3 fully saturated rings. The minimum atomic E-state index is -1.79. The fourth-order valence-electron chi connectivity index (χ4n) is 9.25. The number of rotatable bonds is 10. The summed E-state index contributed by atoms with van der Waals surface area (Å²) >= 11 is 0. The second kappa shape index (κ2) is 20.7. The molecule has 3 saturated heterocycles. The van der Waals surface area contributed by atoms with Gasteiger partial charge in [-0.15, -0.1) is 0 Å². The SMILES string of the molecule is CC[C@H]1OC(=O)[C@H](C)[C@@H](O)[C@H](C)[C@@H](O[C@@H]2O[C@H](C)C[C@H](N(C)C)[C@H]2OC(C)=O)[C@](C)(OC(=O)OC/C=C/c2ccc(-c3ncccn3)cc2)C[C@@H](C)C(=O)[C@H](C)[C@H]2NC(=O)O[C@@]21C. The molecule has 3 aliphatic rings. The van der Waals surface area contributed by atoms with E-state index in [1.54, 1.807) is 72.2 Å². The van der Waals surface area contributed by atoms with Gasteiger partial charge in [-0.1, -0.05) is 58.0 Å². The number of carbonyl (C=O) groups excluding carboxylic acids is 5. The van der Waals surface area contributed by atoms with Crippen LogP contribution < -0.4 is 5.32 Å². The molecule has 0 radical (unpaired) electrons. The van der Waals surface area contributed by atoms with E-state index in [0.717, 1.165) is 11.1 Å². The van der Waals surface area contributed by atoms with Crippen molar-refractivity contribution in [1.29, 1.82) is 0 Å². The molecule has 3 aliphatic heterocycles. The molecule has 0 bridgehead atoms. The molecule has 0 saturated carbocycles. The van der Waals surface area contributed by atoms with Crippen LogP contribution >= 0.6 is 0 Å². The highest BCUT2D eigenvalue weighted by Crippen LogP contribution is 2.41. The van der Waals surface area contributed by atoms with Gasteiger partial charge in [-0.2, -0.15) is 0 Å². The van der Waals surface area contributed by atoms with Crippen molar-refractivity contribution in [2.45, 2.75) is 142 Å². The molecular formula is C46H64N4O13. The second-order valence-electron chi connectivity index (χ2n) is 17.7. The molecule has 2 N–H and O–H groups in total. The summed E-state index contributed by atoms with van der Waals surface area (Å²) in [6, 6.07) is 7.94. The number of benzene rings is 1. The van der Waals surface area contributed by atoms with Gasteiger partial charge in [0.25, 0.3) is 0 Å². The first kappa shape index (κ1) is 49.1. The van der Waals surface area contributed by atoms with Crippen LogP contribution in [-0.4, -0.2) is 131 Å². The van der Waals surface area contributed by atoms with Gasteiger partial charge in [0.1, 0.15) is 30.2 Å². The van der Waals surface area contributed by atoms with E-state index in [0.29, 0.717) is 12.2 Å². The normalized spacial score (nSPS) is 35.5. The molecule has 0 aliphatic carbocycles. The van der Waals surface area contributed by atoms with Crippen LogP contribution in [0.5, 0.6) is 0 Å². The maximum absolute atomic E-state index is 14.5. The Kier molecular flexibility index (Phi) is 16.1. The van der Waals surface area contributed by atoms with Crippen LogP contribution in [0.15, 0.2) is 48.8 Å². The Morgan fingerprint density at radius 2 is 1.68 bits per heavy atom. The van der Waals surface area contributed by atoms with Gasteiger partial charge in [0.15, 0.2) is 23.8 Å². The molecule has 17 heteroatoms. The molecule has 0 unspecified atom stereocenters. The number of nitrogens with zero attached hydrogens (tertiary/aromatic N) is 3. The Bertz CT molecular complexity index is 1950. The van der Waals surface area contributed by atoms with Gasteiger partial charge in [-0.3, -0.25) is 14.4 Å². The number of carbonyl (C=O) groups is 5. The summed E-state index contributed by atoms with van der Waals surface area (Å²) in [4.78, 5) is 78.2. The molecule has 4 heterocycles. The number of ketones is 1. The summed E-state index contributed by atoms with van der Waals surface area (Å²) < 4.78 is 42.6. The number of esters is 2. The van der Waals surface area contributed by atoms with E-state index < -0.39 is 95.8 Å². The molecule has 2 aromatic rings. The molecular weight excluding hydrogens is 817 g/mol. The van der Waals surface area contributed by atoms with E-state index in [4.69, 9.17) is 33.2 Å². The number of hydrogen-bond acceptors (Lipinski definition) is 16. The lowest BCUT2D eigenvalue weighted by atomic mass is 9.73. The zero-order valence-electron chi connectivity index (χ0n) is 38.1. The molecule has 17 nitrogen and oxygen atoms in total. The highest BCUT2D eigenvalue weighted by Gasteiger charge is 2.58. The van der Waals surface area contributed by atoms with Crippen molar-refractivity contribution in [3.63, 3.8) is 0 Å². The summed E-state index contributed by atoms with van der Waals surface area (Å²) in [7, 11) is 3.68. The van der Waals surface area contributed by atoms with E-state index >= 15 is 0 Å². The number of cyclic esters (lactones) is 1. The van der Waals surface area contributed by atoms with Crippen molar-refractivity contribution in [2.24, 2.45) is 23.7 Å². The molecule has 1 aromatic carbocycles. The summed E-state index contributed by atoms with van der Waals surface area (Å²) in [5, 5.41) is 14.9. The minimum Gasteiger partial charge on any atom is -0.458 e. The van der Waals surface area contributed by atoms with Gasteiger partial charge in [0.05, 0.1) is 30.2 Å². The van der Waals surface area contributed by atoms with Crippen LogP contribution in [0.1, 0.15) is 87.1 Å². The number of aliphatic hydroxyl groups is 1. The van der Waals surface area contributed by atoms with E-state index in [1.807, 2.05) is 50.2 Å². The van der Waals surface area contributed by atoms with Crippen LogP contribution in [0.3, 0.4) is 0 Å². The maximum Gasteiger partial charge on any atom is 0.509 e. The quantitative estimate of drug-likeness (QED) is 0.222. The van der Waals surface area contributed by atoms with Gasteiger partial charge in [-0.25, -0.2) is 19.6 Å². The predicted octanol–water partition coefficient (Wildman–Crippen LogP) is 5.52. The number of aliphatic hydroxyl groups excluding tert-OH is 1. The van der Waals surface area contributed by atoms with Crippen molar-refractivity contribution in [2.75, 3.05) is 20.7 Å². The van der Waals surface area contributed by atoms with Crippen LogP contribution in [0, 0.1) is 23.7 Å². The van der Waals surface area contributed by atoms with E-state index in [1.165, 1.54) is 13.8 Å². The van der Waals surface area contributed by atoms with Gasteiger partial charge in [0, 0.05) is 42.6 Å². The third-order valence-electron chi connectivity index (χ3n) is 12.6. The van der Waals surface area contributed by atoms with Crippen LogP contribution in [0.2, 0.25) is 0 Å². The van der Waals surface area contributed by atoms with Crippen molar-refractivity contribution in [3.05, 3.63) is 54.4 Å². The Morgan fingerprint density at radius 1 is 1.02 bits per heavy atom. The number of amides is 1. The summed E-state index contributed by atoms with van der Waals surface area (Å²) in [6.07, 6.45) is -1.04. The Morgan fingerprint density at radius 3 is 2.30 bits per heavy atom. The van der Waals surface area contributed by atoms with Gasteiger partial charge in [0.2, 0.25) is 0 Å². The lowest BCUT2D eigenvalue weighted by Crippen LogP contribution is -2.61. The first-order valence-corrected chi connectivity index (χ1v) is 21.6. The van der Waals surface area contributed by atoms with Crippen molar-refractivity contribution >= 4 is 36.0 Å². The average molecular weight is 881 g/mol. The first-order chi connectivity index (χ1) is 29.7. The highest BCUT2D eigenvalue weighted by atomic mass is 16.8. The van der Waals surface area contributed by atoms with Crippen molar-refractivity contribution in [3.8, 4) is 11.4 Å². The van der Waals surface area contributed by atoms with Crippen LogP contribution in [0.4, 0.5) is 9.59 Å². The fraction of sp³-hybridized carbons (Fsp3) is 0.630. The Hall–Kier alpha value is -4.97. The van der Waals surface area contributed by atoms with E-state index in [2.05, 4.69) is 15.3 Å². The molecule has 5 rings (SSSR count). The Balaban J connectivity index is 1.52. The van der Waals surface area contributed by atoms with Crippen LogP contribution in [-0.2, 0) is 47.5 Å². The molecule has 0 spiro atoms. The number of likely N-dealkylation sites (N-methyl/N-ethyl adjacent to an activating group) is 1. The minimum absolute atomic E-state index is 0.174. The third-order valence-corrected chi connectivity index (χ3v) is 12.6. The highest BCUT2D eigenvalue weighted by molar-refractivity contribution is 5.85. The number of Topliss-reactive ketones (excluding diaryl/α,β-unsaturated/α-hetero) is 1. The number of hydrogen-bond donors (Lipinski definition) is 2. The van der Waals surface area contributed by atoms with E-state index in [-0.39, 0.29) is 37.4 Å². The maximum atomic E-state index is 14.5. The molecule has 63 heavy (non-hydrogen) atoms. The number of nitrogens with one attached hydrogen (secondary N) is 1. The smallest absolute Gasteiger partial charge is 0.458 e. The first-order valence-electron chi connectivity index (χ1n) is 21.6. The average Bonchev–Trinajstić information content (AvgIpc) is 3.56. The lowest BCUT2D eigenvalue weighted by Gasteiger charge is -2.48. The van der Waals surface area contributed by atoms with Gasteiger partial charge < -0.3 is 48.5 Å². The predicted molar refractivity (Wildman–Crippen MR) is 228 cm³/mol. The molecule has 1 aromatic heterocycles. The number of alkyl carbamates (subject to hydrolysis) is 1. The number of aromatic nitrogens is 2. The van der Waals surface area contributed by atoms with Crippen molar-refractivity contribution in [1.82, 2.24) is 20.2 Å². The topological polar surface area (TPSA) is 211 Å². The summed E-state index contributed by atoms with van der Waals surface area (Å²) in [5.74, 6) is -5.08. The standard InChI is InChI=1S/C46H64N4O13/c1-12-34-46(9)38(49-43(55)62-46)27(4)35(52)25(2)24-45(8,63-44(56)57-22-13-15-31-16-18-32(19-17-31)40-47-20-14-21-48-40)39(28(5)36(53)29(6)41(54)60-34)61-42-37(59-30(7)51)33(50(10)11)23-26(3)58-42/h13-21,25-29,33-34,36-39,42,53H,12,22-24H2,1-11H3,(H,49,55)/b15-13+/t25-,26-,27+,28+,29-,33+,34-,36+,37-,38-,39-,42+,45-,46-/m1/s1. The number of fused-ring (bicyclic) bond motifs is 1. The zero-order chi connectivity index (χ0) is 46.4. The monoisotopic (exact) mass is 880 g/mol. The van der Waals surface area contributed by atoms with Crippen molar-refractivity contribution < 1.29 is 62.2 Å². The number of ether oxygens (including phenoxy) is 7. The zero-order valence-corrected chi connectivity index (χ0v) is 38.1. The summed E-state index contributed by atoms with van der Waals surface area (Å²) in [6.45, 7) is 14.3. The molecule has 346 valence electrons. The second-order valence-corrected chi connectivity index (χ2v) is 17.7. The largest absolute Gasteiger partial charge is 0.509 e. The molecule has 1 amide bonds. The van der Waals surface area contributed by atoms with Gasteiger partial charge in [-0.05, 0) is 78.8 Å². The lowest BCUT2D eigenvalue weighted by molar-refractivity contribution is -0.301. The molecule has 14 atom stereocenters. The summed E-state index contributed by atoms with van der Waals surface area (Å²) in [5.41, 5.74) is -1.58. The van der Waals surface area contributed by atoms with Gasteiger partial charge >= 0.3 is 24.2 Å². The Labute approximate surface area is 369 Å². The van der Waals surface area contributed by atoms with E-state index in [9.17, 15) is 29.1 Å².